The maximum absolute atomic E-state index is 12.1. The van der Waals surface area contributed by atoms with Crippen molar-refractivity contribution in [2.45, 2.75) is 57.3 Å². The fourth-order valence-electron chi connectivity index (χ4n) is 3.58. The first-order valence-corrected chi connectivity index (χ1v) is 8.14. The van der Waals surface area contributed by atoms with Gasteiger partial charge in [-0.05, 0) is 43.9 Å². The van der Waals surface area contributed by atoms with Gasteiger partial charge in [-0.2, -0.15) is 0 Å². The summed E-state index contributed by atoms with van der Waals surface area (Å²) in [6.07, 6.45) is 2.08. The van der Waals surface area contributed by atoms with Gasteiger partial charge < -0.3 is 9.47 Å². The molecule has 2 bridgehead atoms. The summed E-state index contributed by atoms with van der Waals surface area (Å²) in [5, 5.41) is 3.30. The highest BCUT2D eigenvalue weighted by Gasteiger charge is 2.61. The topological polar surface area (TPSA) is 47.6 Å². The second-order valence-electron chi connectivity index (χ2n) is 6.87. The number of benzene rings is 1. The average Bonchev–Trinajstić information content (AvgIpc) is 2.91. The van der Waals surface area contributed by atoms with Crippen LogP contribution in [0.3, 0.4) is 0 Å². The predicted octanol–water partition coefficient (Wildman–Crippen LogP) is 4.62. The summed E-state index contributed by atoms with van der Waals surface area (Å²) in [5.74, 6) is 0.416. The molecule has 22 heavy (non-hydrogen) atoms. The highest BCUT2D eigenvalue weighted by molar-refractivity contribution is 6.30. The van der Waals surface area contributed by atoms with E-state index in [0.29, 0.717) is 16.6 Å². The van der Waals surface area contributed by atoms with Crippen molar-refractivity contribution < 1.29 is 14.3 Å². The molecule has 0 aromatic heterocycles. The van der Waals surface area contributed by atoms with Crippen molar-refractivity contribution in [2.75, 3.05) is 5.32 Å². The number of rotatable bonds is 3. The van der Waals surface area contributed by atoms with Crippen LogP contribution < -0.4 is 5.32 Å². The minimum Gasteiger partial charge on any atom is -0.443 e. The Kier molecular flexibility index (Phi) is 3.86. The third-order valence-corrected chi connectivity index (χ3v) is 5.30. The molecular weight excluding hydrogens is 302 g/mol. The van der Waals surface area contributed by atoms with Crippen LogP contribution in [0.4, 0.5) is 10.5 Å². The molecule has 2 fully saturated rings. The Morgan fingerprint density at radius 1 is 1.45 bits per heavy atom. The zero-order valence-corrected chi connectivity index (χ0v) is 13.9. The second kappa shape index (κ2) is 5.43. The first-order chi connectivity index (χ1) is 10.3. The zero-order valence-electron chi connectivity index (χ0n) is 13.2. The van der Waals surface area contributed by atoms with E-state index in [1.54, 1.807) is 24.3 Å². The second-order valence-corrected chi connectivity index (χ2v) is 7.30. The standard InChI is InChI=1S/C17H22ClNO3/c1-11(2)17-8-7-16(3,22-17)14(10-17)21-15(20)19-13-6-4-5-12(18)9-13/h4-6,9,11,14H,7-8,10H2,1-3H3,(H,19,20)/t14-,16+,17-/m0/s1. The maximum Gasteiger partial charge on any atom is 0.411 e. The Balaban J connectivity index is 1.65. The number of anilines is 1. The first-order valence-electron chi connectivity index (χ1n) is 7.76. The third-order valence-electron chi connectivity index (χ3n) is 5.07. The lowest BCUT2D eigenvalue weighted by Gasteiger charge is -2.31. The van der Waals surface area contributed by atoms with Gasteiger partial charge in [0.05, 0.1) is 5.60 Å². The molecule has 2 aliphatic rings. The highest BCUT2D eigenvalue weighted by atomic mass is 35.5. The monoisotopic (exact) mass is 323 g/mol. The van der Waals surface area contributed by atoms with Crippen LogP contribution in [0.2, 0.25) is 5.02 Å². The van der Waals surface area contributed by atoms with Crippen LogP contribution in [-0.4, -0.2) is 23.4 Å². The Hall–Kier alpha value is -1.26. The Morgan fingerprint density at radius 2 is 2.23 bits per heavy atom. The minimum absolute atomic E-state index is 0.143. The third kappa shape index (κ3) is 2.70. The van der Waals surface area contributed by atoms with Crippen LogP contribution in [0.15, 0.2) is 24.3 Å². The van der Waals surface area contributed by atoms with E-state index in [4.69, 9.17) is 21.1 Å². The van der Waals surface area contributed by atoms with E-state index < -0.39 is 6.09 Å². The number of hydrogen-bond donors (Lipinski definition) is 1. The molecule has 0 saturated carbocycles. The molecule has 0 radical (unpaired) electrons. The normalized spacial score (nSPS) is 33.2. The van der Waals surface area contributed by atoms with E-state index in [1.807, 2.05) is 6.92 Å². The number of halogens is 1. The minimum atomic E-state index is -0.455. The number of carbonyl (C=O) groups is 1. The lowest BCUT2D eigenvalue weighted by atomic mass is 9.75. The van der Waals surface area contributed by atoms with Crippen LogP contribution in [0, 0.1) is 5.92 Å². The molecule has 3 rings (SSSR count). The molecule has 1 N–H and O–H groups in total. The van der Waals surface area contributed by atoms with Gasteiger partial charge in [-0.1, -0.05) is 31.5 Å². The van der Waals surface area contributed by atoms with Crippen molar-refractivity contribution in [1.82, 2.24) is 0 Å². The smallest absolute Gasteiger partial charge is 0.411 e. The summed E-state index contributed by atoms with van der Waals surface area (Å²) in [4.78, 5) is 12.1. The fourth-order valence-corrected chi connectivity index (χ4v) is 3.77. The quantitative estimate of drug-likeness (QED) is 0.882. The van der Waals surface area contributed by atoms with Crippen LogP contribution in [0.1, 0.15) is 40.0 Å². The molecule has 1 aromatic rings. The number of fused-ring (bicyclic) bond motifs is 2. The average molecular weight is 324 g/mol. The van der Waals surface area contributed by atoms with Crippen LogP contribution in [-0.2, 0) is 9.47 Å². The molecule has 0 aliphatic carbocycles. The number of carbonyl (C=O) groups excluding carboxylic acids is 1. The number of nitrogens with one attached hydrogen (secondary N) is 1. The lowest BCUT2D eigenvalue weighted by Crippen LogP contribution is -2.40. The highest BCUT2D eigenvalue weighted by Crippen LogP contribution is 2.55. The molecule has 1 aromatic carbocycles. The molecule has 120 valence electrons. The Bertz CT molecular complexity index is 591. The molecule has 2 aliphatic heterocycles. The first kappa shape index (κ1) is 15.6. The predicted molar refractivity (Wildman–Crippen MR) is 86.3 cm³/mol. The Labute approximate surface area is 136 Å². The lowest BCUT2D eigenvalue weighted by molar-refractivity contribution is -0.0807. The van der Waals surface area contributed by atoms with Crippen LogP contribution >= 0.6 is 11.6 Å². The zero-order chi connectivity index (χ0) is 16.0. The summed E-state index contributed by atoms with van der Waals surface area (Å²) in [7, 11) is 0. The summed E-state index contributed by atoms with van der Waals surface area (Å²) >= 11 is 5.91. The van der Waals surface area contributed by atoms with Crippen molar-refractivity contribution in [3.05, 3.63) is 29.3 Å². The van der Waals surface area contributed by atoms with E-state index in [0.717, 1.165) is 19.3 Å². The van der Waals surface area contributed by atoms with E-state index in [9.17, 15) is 4.79 Å². The summed E-state index contributed by atoms with van der Waals surface area (Å²) in [6.45, 7) is 6.38. The van der Waals surface area contributed by atoms with Gasteiger partial charge in [0.2, 0.25) is 0 Å². The molecule has 5 heteroatoms. The molecule has 1 amide bonds. The van der Waals surface area contributed by atoms with Gasteiger partial charge in [-0.15, -0.1) is 0 Å². The summed E-state index contributed by atoms with van der Waals surface area (Å²) in [6, 6.07) is 7.02. The van der Waals surface area contributed by atoms with Gasteiger partial charge in [0.15, 0.2) is 0 Å². The van der Waals surface area contributed by atoms with Gasteiger partial charge in [-0.3, -0.25) is 5.32 Å². The Morgan fingerprint density at radius 3 is 2.86 bits per heavy atom. The van der Waals surface area contributed by atoms with Crippen LogP contribution in [0.5, 0.6) is 0 Å². The summed E-state index contributed by atoms with van der Waals surface area (Å²) < 4.78 is 11.9. The van der Waals surface area contributed by atoms with Crippen molar-refractivity contribution in [2.24, 2.45) is 5.92 Å². The summed E-state index contributed by atoms with van der Waals surface area (Å²) in [5.41, 5.74) is 0.122. The molecule has 0 spiro atoms. The van der Waals surface area contributed by atoms with E-state index in [1.165, 1.54) is 0 Å². The molecule has 4 nitrogen and oxygen atoms in total. The molecular formula is C17H22ClNO3. The number of amides is 1. The number of ether oxygens (including phenoxy) is 2. The van der Waals surface area contributed by atoms with E-state index in [-0.39, 0.29) is 17.3 Å². The van der Waals surface area contributed by atoms with Crippen molar-refractivity contribution >= 4 is 23.4 Å². The van der Waals surface area contributed by atoms with Gasteiger partial charge in [0, 0.05) is 17.1 Å². The maximum atomic E-state index is 12.1. The molecule has 2 heterocycles. The van der Waals surface area contributed by atoms with Gasteiger partial charge in [-0.25, -0.2) is 4.79 Å². The van der Waals surface area contributed by atoms with E-state index in [2.05, 4.69) is 19.2 Å². The molecule has 0 unspecified atom stereocenters. The van der Waals surface area contributed by atoms with Crippen molar-refractivity contribution in [3.8, 4) is 0 Å². The molecule has 2 saturated heterocycles. The van der Waals surface area contributed by atoms with Crippen molar-refractivity contribution in [3.63, 3.8) is 0 Å². The van der Waals surface area contributed by atoms with Crippen molar-refractivity contribution in [1.29, 1.82) is 0 Å². The van der Waals surface area contributed by atoms with E-state index >= 15 is 0 Å². The van der Waals surface area contributed by atoms with Gasteiger partial charge in [0.1, 0.15) is 11.7 Å². The largest absolute Gasteiger partial charge is 0.443 e. The van der Waals surface area contributed by atoms with Gasteiger partial charge >= 0.3 is 6.09 Å². The van der Waals surface area contributed by atoms with Gasteiger partial charge in [0.25, 0.3) is 0 Å². The number of hydrogen-bond acceptors (Lipinski definition) is 3. The SMILES string of the molecule is CC(C)[C@@]12CC[C@@](C)(O1)[C@@H](OC(=O)Nc1cccc(Cl)c1)C2. The van der Waals surface area contributed by atoms with Crippen LogP contribution in [0.25, 0.3) is 0 Å². The molecule has 3 atom stereocenters. The fraction of sp³-hybridized carbons (Fsp3) is 0.588.